The summed E-state index contributed by atoms with van der Waals surface area (Å²) >= 11 is 0. The highest BCUT2D eigenvalue weighted by Crippen LogP contribution is 2.28. The zero-order valence-electron chi connectivity index (χ0n) is 16.8. The van der Waals surface area contributed by atoms with Gasteiger partial charge in [-0.15, -0.1) is 0 Å². The summed E-state index contributed by atoms with van der Waals surface area (Å²) < 4.78 is 20.9. The second kappa shape index (κ2) is 8.95. The summed E-state index contributed by atoms with van der Waals surface area (Å²) in [5.74, 6) is 1.38. The van der Waals surface area contributed by atoms with E-state index >= 15 is 0 Å². The number of imidazole rings is 1. The Bertz CT molecular complexity index is 1120. The zero-order valence-corrected chi connectivity index (χ0v) is 16.8. The molecule has 2 heterocycles. The number of aryl methyl sites for hydroxylation is 2. The van der Waals surface area contributed by atoms with Crippen LogP contribution in [0.1, 0.15) is 35.9 Å². The largest absolute Gasteiger partial charge is 0.469 e. The van der Waals surface area contributed by atoms with Crippen LogP contribution in [-0.4, -0.2) is 22.0 Å². The van der Waals surface area contributed by atoms with E-state index < -0.39 is 0 Å². The van der Waals surface area contributed by atoms with E-state index in [0.717, 1.165) is 28.2 Å². The van der Waals surface area contributed by atoms with Crippen molar-refractivity contribution >= 4 is 16.9 Å². The third-order valence-corrected chi connectivity index (χ3v) is 5.32. The molecule has 1 N–H and O–H groups in total. The van der Waals surface area contributed by atoms with Gasteiger partial charge in [0, 0.05) is 25.4 Å². The molecule has 1 atom stereocenters. The minimum Gasteiger partial charge on any atom is -0.469 e. The summed E-state index contributed by atoms with van der Waals surface area (Å²) in [6.07, 6.45) is 2.67. The number of para-hydroxylation sites is 2. The Morgan fingerprint density at radius 3 is 2.70 bits per heavy atom. The van der Waals surface area contributed by atoms with Crippen molar-refractivity contribution in [1.29, 1.82) is 0 Å². The van der Waals surface area contributed by atoms with Gasteiger partial charge in [-0.05, 0) is 55.3 Å². The van der Waals surface area contributed by atoms with Gasteiger partial charge in [0.15, 0.2) is 0 Å². The topological polar surface area (TPSA) is 60.1 Å². The number of rotatable bonds is 8. The Kier molecular flexibility index (Phi) is 5.93. The Morgan fingerprint density at radius 1 is 1.13 bits per heavy atom. The number of hydrogen-bond donors (Lipinski definition) is 1. The molecule has 0 saturated carbocycles. The van der Waals surface area contributed by atoms with Gasteiger partial charge in [-0.3, -0.25) is 4.79 Å². The molecule has 1 amide bonds. The maximum absolute atomic E-state index is 13.3. The van der Waals surface area contributed by atoms with Gasteiger partial charge in [-0.2, -0.15) is 0 Å². The first-order valence-electron chi connectivity index (χ1n) is 10.1. The number of halogens is 1. The van der Waals surface area contributed by atoms with E-state index in [2.05, 4.69) is 14.9 Å². The highest BCUT2D eigenvalue weighted by atomic mass is 19.1. The van der Waals surface area contributed by atoms with E-state index in [1.165, 1.54) is 12.1 Å². The predicted octanol–water partition coefficient (Wildman–Crippen LogP) is 4.81. The predicted molar refractivity (Wildman–Crippen MR) is 114 cm³/mol. The van der Waals surface area contributed by atoms with Crippen LogP contribution in [0, 0.1) is 12.7 Å². The van der Waals surface area contributed by atoms with Gasteiger partial charge < -0.3 is 14.3 Å². The highest BCUT2D eigenvalue weighted by molar-refractivity contribution is 5.78. The molecule has 0 aliphatic heterocycles. The van der Waals surface area contributed by atoms with E-state index in [9.17, 15) is 9.18 Å². The number of furan rings is 1. The summed E-state index contributed by atoms with van der Waals surface area (Å²) in [5, 5.41) is 3.00. The molecule has 0 saturated heterocycles. The Balaban J connectivity index is 1.34. The third-order valence-electron chi connectivity index (χ3n) is 5.32. The fourth-order valence-corrected chi connectivity index (χ4v) is 3.79. The maximum atomic E-state index is 13.3. The van der Waals surface area contributed by atoms with Gasteiger partial charge in [0.05, 0.1) is 17.3 Å². The maximum Gasteiger partial charge on any atom is 0.221 e. The van der Waals surface area contributed by atoms with Gasteiger partial charge in [0.1, 0.15) is 17.4 Å². The summed E-state index contributed by atoms with van der Waals surface area (Å²) in [7, 11) is 0. The Hall–Kier alpha value is -3.41. The second-order valence-electron chi connectivity index (χ2n) is 7.31. The van der Waals surface area contributed by atoms with Gasteiger partial charge in [0.25, 0.3) is 0 Å². The number of nitrogens with one attached hydrogen (secondary N) is 1. The van der Waals surface area contributed by atoms with Crippen LogP contribution in [0.15, 0.2) is 71.3 Å². The van der Waals surface area contributed by atoms with Crippen molar-refractivity contribution in [3.63, 3.8) is 0 Å². The average Bonchev–Trinajstić information content (AvgIpc) is 3.38. The lowest BCUT2D eigenvalue weighted by Crippen LogP contribution is -2.26. The van der Waals surface area contributed by atoms with Crippen LogP contribution in [0.25, 0.3) is 11.0 Å². The van der Waals surface area contributed by atoms with Crippen LogP contribution in [0.2, 0.25) is 0 Å². The van der Waals surface area contributed by atoms with Gasteiger partial charge in [-0.1, -0.05) is 24.3 Å². The molecule has 4 aromatic rings. The zero-order chi connectivity index (χ0) is 20.9. The monoisotopic (exact) mass is 405 g/mol. The average molecular weight is 405 g/mol. The lowest BCUT2D eigenvalue weighted by atomic mass is 9.93. The van der Waals surface area contributed by atoms with E-state index in [1.807, 2.05) is 43.3 Å². The molecular weight excluding hydrogens is 381 g/mol. The first-order chi connectivity index (χ1) is 14.6. The van der Waals surface area contributed by atoms with E-state index in [1.54, 1.807) is 18.4 Å². The quantitative estimate of drug-likeness (QED) is 0.458. The molecule has 30 heavy (non-hydrogen) atoms. The van der Waals surface area contributed by atoms with Crippen LogP contribution >= 0.6 is 0 Å². The number of amides is 1. The lowest BCUT2D eigenvalue weighted by molar-refractivity contribution is -0.121. The Morgan fingerprint density at radius 2 is 1.93 bits per heavy atom. The van der Waals surface area contributed by atoms with E-state index in [-0.39, 0.29) is 17.6 Å². The van der Waals surface area contributed by atoms with Crippen LogP contribution in [0.3, 0.4) is 0 Å². The number of aromatic nitrogens is 2. The van der Waals surface area contributed by atoms with E-state index in [4.69, 9.17) is 4.42 Å². The fourth-order valence-electron chi connectivity index (χ4n) is 3.79. The van der Waals surface area contributed by atoms with Crippen molar-refractivity contribution in [1.82, 2.24) is 14.9 Å². The van der Waals surface area contributed by atoms with Gasteiger partial charge in [0.2, 0.25) is 5.91 Å². The minimum absolute atomic E-state index is 0.00974. The number of carbonyl (C=O) groups excluding carboxylic acids is 1. The number of carbonyl (C=O) groups is 1. The first-order valence-corrected chi connectivity index (χ1v) is 10.1. The molecule has 0 fully saturated rings. The molecule has 4 rings (SSSR count). The summed E-state index contributed by atoms with van der Waals surface area (Å²) in [6.45, 7) is 3.04. The SMILES string of the molecule is Cc1nc2ccccc2n1CCC(=O)NCCC(c1ccc(F)cc1)c1ccco1. The van der Waals surface area contributed by atoms with Crippen molar-refractivity contribution in [2.24, 2.45) is 0 Å². The summed E-state index contributed by atoms with van der Waals surface area (Å²) in [5.41, 5.74) is 2.94. The van der Waals surface area contributed by atoms with Crippen molar-refractivity contribution in [2.75, 3.05) is 6.54 Å². The third kappa shape index (κ3) is 4.43. The number of hydrogen-bond acceptors (Lipinski definition) is 3. The molecule has 6 heteroatoms. The Labute approximate surface area is 174 Å². The minimum atomic E-state index is -0.271. The molecule has 154 valence electrons. The van der Waals surface area contributed by atoms with Crippen LogP contribution in [0.5, 0.6) is 0 Å². The van der Waals surface area contributed by atoms with Crippen molar-refractivity contribution in [2.45, 2.75) is 32.2 Å². The molecular formula is C24H24FN3O2. The molecule has 0 spiro atoms. The van der Waals surface area contributed by atoms with Crippen LogP contribution in [0.4, 0.5) is 4.39 Å². The van der Waals surface area contributed by atoms with Crippen LogP contribution in [-0.2, 0) is 11.3 Å². The molecule has 0 radical (unpaired) electrons. The first kappa shape index (κ1) is 19.9. The van der Waals surface area contributed by atoms with Gasteiger partial charge in [-0.25, -0.2) is 9.37 Å². The normalized spacial score (nSPS) is 12.2. The number of benzene rings is 2. The molecule has 5 nitrogen and oxygen atoms in total. The lowest BCUT2D eigenvalue weighted by Gasteiger charge is -2.16. The molecule has 1 unspecified atom stereocenters. The van der Waals surface area contributed by atoms with Crippen molar-refractivity contribution in [3.8, 4) is 0 Å². The van der Waals surface area contributed by atoms with Gasteiger partial charge >= 0.3 is 0 Å². The molecule has 0 bridgehead atoms. The molecule has 2 aromatic carbocycles. The summed E-state index contributed by atoms with van der Waals surface area (Å²) in [6, 6.07) is 18.1. The fraction of sp³-hybridized carbons (Fsp3) is 0.250. The van der Waals surface area contributed by atoms with Crippen molar-refractivity contribution < 1.29 is 13.6 Å². The summed E-state index contributed by atoms with van der Waals surface area (Å²) in [4.78, 5) is 17.0. The number of fused-ring (bicyclic) bond motifs is 1. The van der Waals surface area contributed by atoms with Crippen LogP contribution < -0.4 is 5.32 Å². The molecule has 0 aliphatic carbocycles. The van der Waals surface area contributed by atoms with Crippen molar-refractivity contribution in [3.05, 3.63) is 89.9 Å². The number of nitrogens with zero attached hydrogens (tertiary/aromatic N) is 2. The second-order valence-corrected chi connectivity index (χ2v) is 7.31. The smallest absolute Gasteiger partial charge is 0.221 e. The molecule has 2 aromatic heterocycles. The molecule has 0 aliphatic rings. The highest BCUT2D eigenvalue weighted by Gasteiger charge is 2.17. The van der Waals surface area contributed by atoms with E-state index in [0.29, 0.717) is 25.9 Å². The standard InChI is InChI=1S/C24H24FN3O2/c1-17-27-21-5-2-3-6-22(21)28(17)15-13-24(29)26-14-12-20(23-7-4-16-30-23)18-8-10-19(25)11-9-18/h2-11,16,20H,12-15H2,1H3,(H,26,29).